The van der Waals surface area contributed by atoms with Gasteiger partial charge < -0.3 is 10.1 Å². The third-order valence-electron chi connectivity index (χ3n) is 4.06. The number of ether oxygens (including phenoxy) is 1. The van der Waals surface area contributed by atoms with Crippen molar-refractivity contribution >= 4 is 33.5 Å². The molecule has 7 nitrogen and oxygen atoms in total. The summed E-state index contributed by atoms with van der Waals surface area (Å²) < 4.78 is 32.3. The van der Waals surface area contributed by atoms with Crippen LogP contribution < -0.4 is 10.0 Å². The quantitative estimate of drug-likeness (QED) is 0.599. The number of sulfonamides is 1. The Balaban J connectivity index is 2.76. The number of amides is 1. The highest BCUT2D eigenvalue weighted by Gasteiger charge is 2.30. The Labute approximate surface area is 165 Å². The number of halogens is 1. The van der Waals surface area contributed by atoms with Gasteiger partial charge in [-0.3, -0.25) is 9.59 Å². The van der Waals surface area contributed by atoms with E-state index in [-0.39, 0.29) is 22.8 Å². The van der Waals surface area contributed by atoms with Crippen molar-refractivity contribution in [3.63, 3.8) is 0 Å². The molecule has 0 unspecified atom stereocenters. The first-order valence-corrected chi connectivity index (χ1v) is 10.5. The van der Waals surface area contributed by atoms with Crippen molar-refractivity contribution in [1.29, 1.82) is 0 Å². The van der Waals surface area contributed by atoms with E-state index in [1.807, 2.05) is 20.8 Å². The molecule has 1 amide bonds. The van der Waals surface area contributed by atoms with Gasteiger partial charge >= 0.3 is 5.97 Å². The molecule has 1 rings (SSSR count). The summed E-state index contributed by atoms with van der Waals surface area (Å²) in [5.74, 6) is -1.39. The van der Waals surface area contributed by atoms with Crippen molar-refractivity contribution in [1.82, 2.24) is 10.0 Å². The molecule has 2 atom stereocenters. The van der Waals surface area contributed by atoms with Crippen LogP contribution in [-0.2, 0) is 24.3 Å². The Bertz CT molecular complexity index is 748. The second-order valence-corrected chi connectivity index (χ2v) is 9.16. The molecule has 0 bridgehead atoms. The molecule has 152 valence electrons. The van der Waals surface area contributed by atoms with Gasteiger partial charge in [-0.25, -0.2) is 8.42 Å². The van der Waals surface area contributed by atoms with Gasteiger partial charge in [0.1, 0.15) is 6.04 Å². The van der Waals surface area contributed by atoms with E-state index in [9.17, 15) is 18.0 Å². The summed E-state index contributed by atoms with van der Waals surface area (Å²) in [6.45, 7) is 8.65. The van der Waals surface area contributed by atoms with Crippen molar-refractivity contribution in [2.24, 2.45) is 11.8 Å². The smallest absolute Gasteiger partial charge is 0.324 e. The van der Waals surface area contributed by atoms with Crippen LogP contribution in [0, 0.1) is 11.8 Å². The highest BCUT2D eigenvalue weighted by Crippen LogP contribution is 2.16. The van der Waals surface area contributed by atoms with Crippen molar-refractivity contribution in [2.75, 3.05) is 6.61 Å². The minimum atomic E-state index is -3.95. The fourth-order valence-corrected chi connectivity index (χ4v) is 3.45. The molecule has 0 heterocycles. The van der Waals surface area contributed by atoms with Crippen molar-refractivity contribution in [3.8, 4) is 0 Å². The average Bonchev–Trinajstić information content (AvgIpc) is 2.57. The highest BCUT2D eigenvalue weighted by atomic mass is 35.5. The van der Waals surface area contributed by atoms with Gasteiger partial charge in [0.15, 0.2) is 6.61 Å². The van der Waals surface area contributed by atoms with Crippen LogP contribution in [0.25, 0.3) is 0 Å². The summed E-state index contributed by atoms with van der Waals surface area (Å²) in [7, 11) is -3.95. The van der Waals surface area contributed by atoms with E-state index in [2.05, 4.69) is 10.0 Å². The number of rotatable bonds is 9. The Hall–Kier alpha value is -1.64. The normalized spacial score (nSPS) is 14.1. The van der Waals surface area contributed by atoms with E-state index >= 15 is 0 Å². The molecule has 0 saturated heterocycles. The van der Waals surface area contributed by atoms with Gasteiger partial charge in [-0.2, -0.15) is 4.72 Å². The summed E-state index contributed by atoms with van der Waals surface area (Å²) in [6.07, 6.45) is 0. The molecule has 0 saturated carbocycles. The largest absolute Gasteiger partial charge is 0.454 e. The Morgan fingerprint density at radius 2 is 1.59 bits per heavy atom. The van der Waals surface area contributed by atoms with Crippen molar-refractivity contribution in [3.05, 3.63) is 29.3 Å². The van der Waals surface area contributed by atoms with Crippen LogP contribution in [0.15, 0.2) is 29.2 Å². The number of hydrogen-bond acceptors (Lipinski definition) is 5. The molecular formula is C18H27ClN2O5S. The standard InChI is InChI=1S/C18H27ClN2O5S/c1-11(2)13(5)20-16(22)10-26-18(23)17(12(3)4)21-27(24,25)15-8-6-14(19)7-9-15/h6-9,11-13,17,21H,10H2,1-5H3,(H,20,22)/t13-,17-/m0/s1. The zero-order chi connectivity index (χ0) is 20.8. The predicted molar refractivity (Wildman–Crippen MR) is 104 cm³/mol. The third-order valence-corrected chi connectivity index (χ3v) is 5.77. The van der Waals surface area contributed by atoms with Crippen LogP contribution >= 0.6 is 11.6 Å². The summed E-state index contributed by atoms with van der Waals surface area (Å²) in [5.41, 5.74) is 0. The SMILES string of the molecule is CC(C)[C@H](C)NC(=O)COC(=O)[C@@H](NS(=O)(=O)c1ccc(Cl)cc1)C(C)C. The number of carbonyl (C=O) groups is 2. The lowest BCUT2D eigenvalue weighted by atomic mass is 10.1. The van der Waals surface area contributed by atoms with Crippen molar-refractivity contribution < 1.29 is 22.7 Å². The van der Waals surface area contributed by atoms with Crippen LogP contribution in [0.2, 0.25) is 5.02 Å². The van der Waals surface area contributed by atoms with Gasteiger partial charge in [-0.05, 0) is 43.0 Å². The lowest BCUT2D eigenvalue weighted by molar-refractivity contribution is -0.151. The summed E-state index contributed by atoms with van der Waals surface area (Å²) >= 11 is 5.77. The number of esters is 1. The first-order chi connectivity index (χ1) is 12.4. The molecule has 1 aromatic rings. The number of carbonyl (C=O) groups excluding carboxylic acids is 2. The van der Waals surface area contributed by atoms with Gasteiger partial charge in [0.05, 0.1) is 4.90 Å². The summed E-state index contributed by atoms with van der Waals surface area (Å²) in [6, 6.07) is 4.38. The second-order valence-electron chi connectivity index (χ2n) is 7.00. The molecule has 27 heavy (non-hydrogen) atoms. The van der Waals surface area contributed by atoms with Gasteiger partial charge in [-0.1, -0.05) is 39.3 Å². The first-order valence-electron chi connectivity index (χ1n) is 8.68. The fraction of sp³-hybridized carbons (Fsp3) is 0.556. The molecule has 1 aromatic carbocycles. The molecule has 0 aromatic heterocycles. The van der Waals surface area contributed by atoms with E-state index in [1.165, 1.54) is 24.3 Å². The molecule has 0 radical (unpaired) electrons. The van der Waals surface area contributed by atoms with Gasteiger partial charge in [0, 0.05) is 11.1 Å². The average molecular weight is 419 g/mol. The zero-order valence-electron chi connectivity index (χ0n) is 16.2. The van der Waals surface area contributed by atoms with E-state index in [4.69, 9.17) is 16.3 Å². The zero-order valence-corrected chi connectivity index (χ0v) is 17.7. The van der Waals surface area contributed by atoms with Crippen molar-refractivity contribution in [2.45, 2.75) is 51.6 Å². The number of nitrogens with one attached hydrogen (secondary N) is 2. The number of hydrogen-bond donors (Lipinski definition) is 2. The van der Waals surface area contributed by atoms with Gasteiger partial charge in [0.25, 0.3) is 5.91 Å². The van der Waals surface area contributed by atoms with Crippen LogP contribution in [0.5, 0.6) is 0 Å². The van der Waals surface area contributed by atoms with Crippen LogP contribution in [0.4, 0.5) is 0 Å². The van der Waals surface area contributed by atoms with Crippen LogP contribution in [-0.4, -0.2) is 39.0 Å². The van der Waals surface area contributed by atoms with E-state index < -0.39 is 34.5 Å². The maximum atomic E-state index is 12.5. The maximum absolute atomic E-state index is 12.5. The predicted octanol–water partition coefficient (Wildman–Crippen LogP) is 2.35. The third kappa shape index (κ3) is 7.48. The summed E-state index contributed by atoms with van der Waals surface area (Å²) in [4.78, 5) is 24.2. The molecule has 0 fully saturated rings. The molecule has 0 aliphatic heterocycles. The molecule has 0 spiro atoms. The minimum absolute atomic E-state index is 0.0196. The van der Waals surface area contributed by atoms with E-state index in [0.29, 0.717) is 5.02 Å². The Morgan fingerprint density at radius 1 is 1.04 bits per heavy atom. The molecule has 0 aliphatic carbocycles. The first kappa shape index (κ1) is 23.4. The Morgan fingerprint density at radius 3 is 2.07 bits per heavy atom. The van der Waals surface area contributed by atoms with Crippen LogP contribution in [0.1, 0.15) is 34.6 Å². The van der Waals surface area contributed by atoms with Gasteiger partial charge in [-0.15, -0.1) is 0 Å². The van der Waals surface area contributed by atoms with E-state index in [0.717, 1.165) is 0 Å². The molecule has 9 heteroatoms. The highest BCUT2D eigenvalue weighted by molar-refractivity contribution is 7.89. The van der Waals surface area contributed by atoms with E-state index in [1.54, 1.807) is 13.8 Å². The topological polar surface area (TPSA) is 102 Å². The lowest BCUT2D eigenvalue weighted by Gasteiger charge is -2.21. The molecule has 2 N–H and O–H groups in total. The Kier molecular flexibility index (Phi) is 8.71. The molecule has 0 aliphatic rings. The van der Waals surface area contributed by atoms with Crippen LogP contribution in [0.3, 0.4) is 0 Å². The fourth-order valence-electron chi connectivity index (χ4n) is 1.99. The molecular weight excluding hydrogens is 392 g/mol. The lowest BCUT2D eigenvalue weighted by Crippen LogP contribution is -2.46. The monoisotopic (exact) mass is 418 g/mol. The summed E-state index contributed by atoms with van der Waals surface area (Å²) in [5, 5.41) is 3.11. The minimum Gasteiger partial charge on any atom is -0.454 e. The second kappa shape index (κ2) is 10.1. The number of benzene rings is 1. The van der Waals surface area contributed by atoms with Gasteiger partial charge in [0.2, 0.25) is 10.0 Å². The maximum Gasteiger partial charge on any atom is 0.324 e.